The first-order valence-electron chi connectivity index (χ1n) is 6.38. The lowest BCUT2D eigenvalue weighted by molar-refractivity contribution is 0.380. The molecule has 0 amide bonds. The minimum atomic E-state index is 0.391. The molecule has 0 N–H and O–H groups in total. The Kier molecular flexibility index (Phi) is 4.63. The lowest BCUT2D eigenvalue weighted by Crippen LogP contribution is -2.16. The predicted octanol–water partition coefficient (Wildman–Crippen LogP) is 5.26. The van der Waals surface area contributed by atoms with Gasteiger partial charge in [-0.25, -0.2) is 0 Å². The van der Waals surface area contributed by atoms with Gasteiger partial charge < -0.3 is 0 Å². The number of hydrogen-bond acceptors (Lipinski definition) is 0. The van der Waals surface area contributed by atoms with E-state index < -0.39 is 0 Å². The van der Waals surface area contributed by atoms with Gasteiger partial charge in [-0.3, -0.25) is 0 Å². The van der Waals surface area contributed by atoms with E-state index in [0.29, 0.717) is 5.41 Å². The summed E-state index contributed by atoms with van der Waals surface area (Å²) in [7, 11) is 0. The third-order valence-electron chi connectivity index (χ3n) is 3.78. The second-order valence-corrected chi connectivity index (χ2v) is 5.55. The molecule has 0 radical (unpaired) electrons. The normalized spacial score (nSPS) is 22.9. The van der Waals surface area contributed by atoms with Crippen LogP contribution < -0.4 is 0 Å². The Morgan fingerprint density at radius 1 is 1.20 bits per heavy atom. The molecule has 0 heterocycles. The summed E-state index contributed by atoms with van der Waals surface area (Å²) in [5, 5.41) is 0. The Hall–Kier alpha value is -0.520. The molecule has 0 spiro atoms. The smallest absolute Gasteiger partial charge is 0.0134 e. The monoisotopic (exact) mass is 206 g/mol. The fourth-order valence-electron chi connectivity index (χ4n) is 2.78. The van der Waals surface area contributed by atoms with Crippen molar-refractivity contribution in [2.45, 2.75) is 65.7 Å². The summed E-state index contributed by atoms with van der Waals surface area (Å²) in [6.07, 6.45) is 11.4. The highest BCUT2D eigenvalue weighted by atomic mass is 14.3. The fraction of sp³-hybridized carbons (Fsp3) is 0.733. The summed E-state index contributed by atoms with van der Waals surface area (Å²) in [5.41, 5.74) is 3.67. The third kappa shape index (κ3) is 3.52. The molecule has 1 rings (SSSR count). The molecule has 0 heteroatoms. The second-order valence-electron chi connectivity index (χ2n) is 5.55. The van der Waals surface area contributed by atoms with Crippen molar-refractivity contribution in [3.05, 3.63) is 23.8 Å². The zero-order chi connectivity index (χ0) is 11.3. The molecule has 0 atom stereocenters. The Morgan fingerprint density at radius 2 is 1.87 bits per heavy atom. The summed E-state index contributed by atoms with van der Waals surface area (Å²) in [6, 6.07) is 0. The molecule has 0 aliphatic heterocycles. The van der Waals surface area contributed by atoms with Gasteiger partial charge in [0.05, 0.1) is 0 Å². The average Bonchev–Trinajstić information content (AvgIpc) is 2.23. The number of hydrogen-bond donors (Lipinski definition) is 0. The van der Waals surface area contributed by atoms with Crippen LogP contribution >= 0.6 is 0 Å². The first-order valence-corrected chi connectivity index (χ1v) is 6.38. The molecule has 0 aromatic rings. The maximum absolute atomic E-state index is 3.90. The van der Waals surface area contributed by atoms with Gasteiger partial charge in [-0.1, -0.05) is 50.3 Å². The molecule has 0 saturated carbocycles. The molecular formula is C15H26. The van der Waals surface area contributed by atoms with Crippen molar-refractivity contribution in [1.29, 1.82) is 0 Å². The Balaban J connectivity index is 2.92. The summed E-state index contributed by atoms with van der Waals surface area (Å²) >= 11 is 0. The van der Waals surface area contributed by atoms with Crippen molar-refractivity contribution in [2.75, 3.05) is 0 Å². The van der Waals surface area contributed by atoms with Crippen molar-refractivity contribution in [1.82, 2.24) is 0 Å². The highest BCUT2D eigenvalue weighted by Gasteiger charge is 2.24. The Morgan fingerprint density at radius 3 is 2.53 bits per heavy atom. The Bertz CT molecular complexity index is 243. The van der Waals surface area contributed by atoms with Gasteiger partial charge in [0.25, 0.3) is 0 Å². The van der Waals surface area contributed by atoms with E-state index in [4.69, 9.17) is 0 Å². The quantitative estimate of drug-likeness (QED) is 0.541. The molecule has 1 aliphatic carbocycles. The van der Waals surface area contributed by atoms with Gasteiger partial charge in [0.2, 0.25) is 0 Å². The van der Waals surface area contributed by atoms with Gasteiger partial charge in [-0.05, 0) is 38.0 Å². The molecule has 0 unspecified atom stereocenters. The van der Waals surface area contributed by atoms with Gasteiger partial charge in [0.15, 0.2) is 0 Å². The molecule has 0 aromatic carbocycles. The maximum atomic E-state index is 3.90. The van der Waals surface area contributed by atoms with Gasteiger partial charge >= 0.3 is 0 Å². The highest BCUT2D eigenvalue weighted by Crippen LogP contribution is 2.39. The molecule has 0 bridgehead atoms. The van der Waals surface area contributed by atoms with Crippen LogP contribution in [0.25, 0.3) is 0 Å². The second kappa shape index (κ2) is 5.53. The summed E-state index contributed by atoms with van der Waals surface area (Å²) in [6.45, 7) is 11.0. The first-order chi connectivity index (χ1) is 7.08. The SMILES string of the molecule is C=CCC1=C(C)CCCCCCC1(C)C. The maximum Gasteiger partial charge on any atom is -0.0134 e. The third-order valence-corrected chi connectivity index (χ3v) is 3.78. The van der Waals surface area contributed by atoms with Crippen molar-refractivity contribution in [3.63, 3.8) is 0 Å². The van der Waals surface area contributed by atoms with E-state index >= 15 is 0 Å². The molecular weight excluding hydrogens is 180 g/mol. The van der Waals surface area contributed by atoms with Crippen LogP contribution in [-0.4, -0.2) is 0 Å². The lowest BCUT2D eigenvalue weighted by Gasteiger charge is -2.29. The molecule has 15 heavy (non-hydrogen) atoms. The van der Waals surface area contributed by atoms with Crippen LogP contribution in [0.15, 0.2) is 23.8 Å². The molecule has 86 valence electrons. The van der Waals surface area contributed by atoms with Crippen molar-refractivity contribution in [3.8, 4) is 0 Å². The minimum Gasteiger partial charge on any atom is -0.103 e. The van der Waals surface area contributed by atoms with E-state index in [1.165, 1.54) is 38.5 Å². The van der Waals surface area contributed by atoms with Crippen molar-refractivity contribution >= 4 is 0 Å². The minimum absolute atomic E-state index is 0.391. The highest BCUT2D eigenvalue weighted by molar-refractivity contribution is 5.22. The van der Waals surface area contributed by atoms with E-state index in [0.717, 1.165) is 6.42 Å². The van der Waals surface area contributed by atoms with Crippen molar-refractivity contribution < 1.29 is 0 Å². The van der Waals surface area contributed by atoms with Gasteiger partial charge in [-0.2, -0.15) is 0 Å². The van der Waals surface area contributed by atoms with Gasteiger partial charge in [0.1, 0.15) is 0 Å². The van der Waals surface area contributed by atoms with Crippen LogP contribution in [-0.2, 0) is 0 Å². The number of allylic oxidation sites excluding steroid dienone is 3. The van der Waals surface area contributed by atoms with E-state index in [-0.39, 0.29) is 0 Å². The summed E-state index contributed by atoms with van der Waals surface area (Å²) in [4.78, 5) is 0. The zero-order valence-electron chi connectivity index (χ0n) is 10.7. The molecule has 0 fully saturated rings. The van der Waals surface area contributed by atoms with E-state index in [2.05, 4.69) is 33.4 Å². The van der Waals surface area contributed by atoms with E-state index in [1.54, 1.807) is 11.1 Å². The molecule has 1 aliphatic rings. The summed E-state index contributed by atoms with van der Waals surface area (Å²) in [5.74, 6) is 0. The van der Waals surface area contributed by atoms with Crippen LogP contribution in [0.3, 0.4) is 0 Å². The van der Waals surface area contributed by atoms with Crippen LogP contribution in [0, 0.1) is 5.41 Å². The van der Waals surface area contributed by atoms with Gasteiger partial charge in [-0.15, -0.1) is 6.58 Å². The van der Waals surface area contributed by atoms with Crippen LogP contribution in [0.2, 0.25) is 0 Å². The van der Waals surface area contributed by atoms with Crippen molar-refractivity contribution in [2.24, 2.45) is 5.41 Å². The summed E-state index contributed by atoms with van der Waals surface area (Å²) < 4.78 is 0. The fourth-order valence-corrected chi connectivity index (χ4v) is 2.78. The zero-order valence-corrected chi connectivity index (χ0v) is 10.7. The topological polar surface area (TPSA) is 0 Å². The standard InChI is InChI=1S/C15H26/c1-5-10-14-13(2)11-8-6-7-9-12-15(14,3)4/h5H,1,6-12H2,2-4H3. The van der Waals surface area contributed by atoms with Crippen LogP contribution in [0.5, 0.6) is 0 Å². The predicted molar refractivity (Wildman–Crippen MR) is 69.0 cm³/mol. The molecule has 0 nitrogen and oxygen atoms in total. The van der Waals surface area contributed by atoms with Gasteiger partial charge in [0, 0.05) is 0 Å². The molecule has 0 saturated heterocycles. The molecule has 0 aromatic heterocycles. The van der Waals surface area contributed by atoms with E-state index in [9.17, 15) is 0 Å². The van der Waals surface area contributed by atoms with Crippen LogP contribution in [0.4, 0.5) is 0 Å². The largest absolute Gasteiger partial charge is 0.103 e. The van der Waals surface area contributed by atoms with E-state index in [1.807, 2.05) is 0 Å². The Labute approximate surface area is 95.5 Å². The van der Waals surface area contributed by atoms with Crippen LogP contribution in [0.1, 0.15) is 65.7 Å². The first kappa shape index (κ1) is 12.5. The lowest BCUT2D eigenvalue weighted by atomic mass is 9.76. The average molecular weight is 206 g/mol. The number of rotatable bonds is 2.